The van der Waals surface area contributed by atoms with Crippen LogP contribution in [0.15, 0.2) is 61.1 Å². The lowest BCUT2D eigenvalue weighted by molar-refractivity contribution is -0.128. The summed E-state index contributed by atoms with van der Waals surface area (Å²) in [6, 6.07) is 12.1. The van der Waals surface area contributed by atoms with Gasteiger partial charge >= 0.3 is 0 Å². The number of imidazole rings is 1. The van der Waals surface area contributed by atoms with Crippen LogP contribution < -0.4 is 11.1 Å². The first-order valence-corrected chi connectivity index (χ1v) is 12.3. The standard InChI is InChI=1S/C28H25N7O3/c1-2-5-23(36)35-20(14-19-15-38-16-21(19)35)27-33-24(25-26(29)31-12-13-34(25)27)17-7-9-18(10-8-17)28(37)32-22-6-3-4-11-30-22/h3-4,6-13,19-21H,14-16H2,1H3,(H2,29,31)(H,30,32,37)/t19-,20?,21+/m0/s1. The number of hydrogen-bond donors (Lipinski definition) is 2. The van der Waals surface area contributed by atoms with Crippen molar-refractivity contribution < 1.29 is 14.3 Å². The molecule has 6 rings (SSSR count). The van der Waals surface area contributed by atoms with Gasteiger partial charge in [-0.25, -0.2) is 15.0 Å². The topological polar surface area (TPSA) is 128 Å². The van der Waals surface area contributed by atoms with Crippen LogP contribution in [0.25, 0.3) is 16.8 Å². The van der Waals surface area contributed by atoms with E-state index in [0.717, 1.165) is 12.0 Å². The highest BCUT2D eigenvalue weighted by Crippen LogP contribution is 2.44. The van der Waals surface area contributed by atoms with Crippen molar-refractivity contribution in [1.82, 2.24) is 24.3 Å². The molecule has 10 heteroatoms. The lowest BCUT2D eigenvalue weighted by atomic mass is 10.0. The summed E-state index contributed by atoms with van der Waals surface area (Å²) in [4.78, 5) is 41.0. The molecule has 0 aliphatic carbocycles. The van der Waals surface area contributed by atoms with Gasteiger partial charge < -0.3 is 20.7 Å². The molecule has 3 N–H and O–H groups in total. The van der Waals surface area contributed by atoms with Gasteiger partial charge in [-0.3, -0.25) is 14.0 Å². The summed E-state index contributed by atoms with van der Waals surface area (Å²) in [5.41, 5.74) is 8.87. The largest absolute Gasteiger partial charge is 0.382 e. The van der Waals surface area contributed by atoms with Crippen LogP contribution in [0.4, 0.5) is 11.6 Å². The molecule has 2 saturated heterocycles. The van der Waals surface area contributed by atoms with Crippen molar-refractivity contribution >= 4 is 29.0 Å². The van der Waals surface area contributed by atoms with Crippen molar-refractivity contribution in [2.24, 2.45) is 5.92 Å². The van der Waals surface area contributed by atoms with Crippen molar-refractivity contribution in [3.8, 4) is 23.1 Å². The number of benzene rings is 1. The zero-order valence-electron chi connectivity index (χ0n) is 20.7. The number of aromatic nitrogens is 4. The maximum Gasteiger partial charge on any atom is 0.299 e. The fraction of sp³-hybridized carbons (Fsp3) is 0.250. The number of ether oxygens (including phenoxy) is 1. The van der Waals surface area contributed by atoms with Gasteiger partial charge in [-0.2, -0.15) is 0 Å². The van der Waals surface area contributed by atoms with E-state index in [2.05, 4.69) is 27.1 Å². The summed E-state index contributed by atoms with van der Waals surface area (Å²) in [5.74, 6) is 6.64. The van der Waals surface area contributed by atoms with Gasteiger partial charge in [0.25, 0.3) is 11.8 Å². The van der Waals surface area contributed by atoms with Gasteiger partial charge in [0, 0.05) is 35.6 Å². The number of nitrogens with two attached hydrogens (primary N) is 1. The average molecular weight is 508 g/mol. The summed E-state index contributed by atoms with van der Waals surface area (Å²) in [7, 11) is 0. The molecule has 0 radical (unpaired) electrons. The predicted octanol–water partition coefficient (Wildman–Crippen LogP) is 2.94. The monoisotopic (exact) mass is 507 g/mol. The molecule has 38 heavy (non-hydrogen) atoms. The minimum absolute atomic E-state index is 0.0414. The number of anilines is 2. The Labute approximate surface area is 218 Å². The summed E-state index contributed by atoms with van der Waals surface area (Å²) < 4.78 is 7.58. The molecule has 4 aromatic rings. The lowest BCUT2D eigenvalue weighted by Gasteiger charge is -2.26. The second-order valence-corrected chi connectivity index (χ2v) is 9.30. The maximum absolute atomic E-state index is 13.1. The first kappa shape index (κ1) is 23.6. The maximum atomic E-state index is 13.1. The van der Waals surface area contributed by atoms with E-state index in [-0.39, 0.29) is 29.8 Å². The number of likely N-dealkylation sites (tertiary alicyclic amines) is 1. The first-order chi connectivity index (χ1) is 18.5. The van der Waals surface area contributed by atoms with Gasteiger partial charge in [0.2, 0.25) is 0 Å². The number of carbonyl (C=O) groups excluding carboxylic acids is 2. The van der Waals surface area contributed by atoms with Gasteiger partial charge in [0.1, 0.15) is 28.7 Å². The van der Waals surface area contributed by atoms with Crippen molar-refractivity contribution in [2.45, 2.75) is 25.4 Å². The number of nitrogen functional groups attached to an aromatic ring is 1. The average Bonchev–Trinajstić information content (AvgIpc) is 3.63. The molecular formula is C28H25N7O3. The van der Waals surface area contributed by atoms with Crippen LogP contribution in [0, 0.1) is 17.8 Å². The minimum Gasteiger partial charge on any atom is -0.382 e. The molecule has 2 fully saturated rings. The Balaban J connectivity index is 1.38. The van der Waals surface area contributed by atoms with E-state index in [1.807, 2.05) is 27.6 Å². The van der Waals surface area contributed by atoms with E-state index in [9.17, 15) is 9.59 Å². The summed E-state index contributed by atoms with van der Waals surface area (Å²) >= 11 is 0. The van der Waals surface area contributed by atoms with Crippen molar-refractivity contribution in [2.75, 3.05) is 24.3 Å². The molecule has 1 unspecified atom stereocenters. The molecule has 10 nitrogen and oxygen atoms in total. The highest BCUT2D eigenvalue weighted by molar-refractivity contribution is 6.04. The molecule has 5 heterocycles. The van der Waals surface area contributed by atoms with Gasteiger partial charge in [-0.1, -0.05) is 24.1 Å². The number of carbonyl (C=O) groups is 2. The van der Waals surface area contributed by atoms with Crippen LogP contribution in [0.5, 0.6) is 0 Å². The van der Waals surface area contributed by atoms with Crippen molar-refractivity contribution in [3.05, 3.63) is 72.4 Å². The fourth-order valence-electron chi connectivity index (χ4n) is 5.37. The molecule has 3 atom stereocenters. The Morgan fingerprint density at radius 3 is 2.71 bits per heavy atom. The molecule has 0 saturated carbocycles. The van der Waals surface area contributed by atoms with E-state index in [1.165, 1.54) is 0 Å². The van der Waals surface area contributed by atoms with Gasteiger partial charge in [0.15, 0.2) is 0 Å². The molecular weight excluding hydrogens is 482 g/mol. The minimum atomic E-state index is -0.284. The van der Waals surface area contributed by atoms with E-state index in [0.29, 0.717) is 47.4 Å². The van der Waals surface area contributed by atoms with E-state index in [1.54, 1.807) is 49.6 Å². The van der Waals surface area contributed by atoms with Crippen LogP contribution in [0.2, 0.25) is 0 Å². The normalized spacial score (nSPS) is 20.1. The highest BCUT2D eigenvalue weighted by Gasteiger charge is 2.48. The third-order valence-corrected chi connectivity index (χ3v) is 7.09. The molecule has 0 spiro atoms. The van der Waals surface area contributed by atoms with Crippen LogP contribution in [0.1, 0.15) is 35.6 Å². The molecule has 2 aliphatic heterocycles. The zero-order valence-corrected chi connectivity index (χ0v) is 20.7. The second kappa shape index (κ2) is 9.61. The molecule has 3 aromatic heterocycles. The third kappa shape index (κ3) is 4.03. The lowest BCUT2D eigenvalue weighted by Crippen LogP contribution is -2.39. The highest BCUT2D eigenvalue weighted by atomic mass is 16.5. The number of rotatable bonds is 4. The van der Waals surface area contributed by atoms with Gasteiger partial charge in [0.05, 0.1) is 25.3 Å². The number of pyridine rings is 1. The fourth-order valence-corrected chi connectivity index (χ4v) is 5.37. The number of hydrogen-bond acceptors (Lipinski definition) is 7. The van der Waals surface area contributed by atoms with Crippen molar-refractivity contribution in [1.29, 1.82) is 0 Å². The van der Waals surface area contributed by atoms with Crippen LogP contribution in [-0.2, 0) is 9.53 Å². The van der Waals surface area contributed by atoms with Crippen molar-refractivity contribution in [3.63, 3.8) is 0 Å². The molecule has 190 valence electrons. The number of amides is 2. The number of nitrogens with zero attached hydrogens (tertiary/aromatic N) is 5. The summed E-state index contributed by atoms with van der Waals surface area (Å²) in [6.07, 6.45) is 5.77. The number of nitrogens with one attached hydrogen (secondary N) is 1. The quantitative estimate of drug-likeness (QED) is 0.407. The van der Waals surface area contributed by atoms with Gasteiger partial charge in [-0.05, 0) is 43.5 Å². The Morgan fingerprint density at radius 1 is 1.11 bits per heavy atom. The van der Waals surface area contributed by atoms with Crippen LogP contribution in [0.3, 0.4) is 0 Å². The Hall–Kier alpha value is -4.75. The third-order valence-electron chi connectivity index (χ3n) is 7.09. The zero-order chi connectivity index (χ0) is 26.2. The van der Waals surface area contributed by atoms with Gasteiger partial charge in [-0.15, -0.1) is 0 Å². The molecule has 0 bridgehead atoms. The summed E-state index contributed by atoms with van der Waals surface area (Å²) in [5, 5.41) is 2.78. The van der Waals surface area contributed by atoms with E-state index >= 15 is 0 Å². The SMILES string of the molecule is CC#CC(=O)N1C(c2nc(-c3ccc(C(=O)Nc4ccccn4)cc3)c3c(N)nccn23)C[C@H]2COC[C@H]21. The first-order valence-electron chi connectivity index (χ1n) is 12.3. The summed E-state index contributed by atoms with van der Waals surface area (Å²) in [6.45, 7) is 2.74. The molecule has 2 amide bonds. The molecule has 1 aromatic carbocycles. The Morgan fingerprint density at radius 2 is 1.95 bits per heavy atom. The van der Waals surface area contributed by atoms with Crippen LogP contribution in [-0.4, -0.2) is 55.3 Å². The number of fused-ring (bicyclic) bond motifs is 2. The Bertz CT molecular complexity index is 1590. The Kier molecular flexibility index (Phi) is 5.98. The second-order valence-electron chi connectivity index (χ2n) is 9.30. The van der Waals surface area contributed by atoms with E-state index in [4.69, 9.17) is 15.5 Å². The predicted molar refractivity (Wildman–Crippen MR) is 141 cm³/mol. The van der Waals surface area contributed by atoms with E-state index < -0.39 is 0 Å². The molecule has 2 aliphatic rings. The smallest absolute Gasteiger partial charge is 0.299 e. The van der Waals surface area contributed by atoms with Crippen LogP contribution >= 0.6 is 0 Å².